The lowest BCUT2D eigenvalue weighted by atomic mass is 10.0. The number of amides is 2. The van der Waals surface area contributed by atoms with Crippen LogP contribution in [0.2, 0.25) is 0 Å². The lowest BCUT2D eigenvalue weighted by Crippen LogP contribution is -2.36. The highest BCUT2D eigenvalue weighted by Gasteiger charge is 2.23. The third kappa shape index (κ3) is 7.31. The van der Waals surface area contributed by atoms with Crippen LogP contribution in [0.3, 0.4) is 0 Å². The Balaban J connectivity index is 1.58. The molecule has 0 saturated heterocycles. The van der Waals surface area contributed by atoms with Gasteiger partial charge in [0.25, 0.3) is 11.8 Å². The maximum atomic E-state index is 12.7. The van der Waals surface area contributed by atoms with Crippen molar-refractivity contribution in [2.45, 2.75) is 39.0 Å². The highest BCUT2D eigenvalue weighted by Crippen LogP contribution is 2.19. The van der Waals surface area contributed by atoms with Crippen LogP contribution in [-0.2, 0) is 20.9 Å². The Morgan fingerprint density at radius 1 is 0.848 bits per heavy atom. The van der Waals surface area contributed by atoms with E-state index in [1.807, 2.05) is 67.6 Å². The normalized spacial score (nSPS) is 12.3. The molecule has 6 nitrogen and oxygen atoms in total. The lowest BCUT2D eigenvalue weighted by Gasteiger charge is -2.20. The quantitative estimate of drug-likeness (QED) is 0.487. The Morgan fingerprint density at radius 3 is 2.09 bits per heavy atom. The minimum Gasteiger partial charge on any atom is -0.452 e. The lowest BCUT2D eigenvalue weighted by molar-refractivity contribution is -0.155. The highest BCUT2D eigenvalue weighted by atomic mass is 16.5. The fourth-order valence-corrected chi connectivity index (χ4v) is 3.27. The van der Waals surface area contributed by atoms with Crippen molar-refractivity contribution in [1.82, 2.24) is 10.6 Å². The Labute approximate surface area is 194 Å². The van der Waals surface area contributed by atoms with Crippen LogP contribution in [0.4, 0.5) is 0 Å². The van der Waals surface area contributed by atoms with Crippen LogP contribution < -0.4 is 10.6 Å². The van der Waals surface area contributed by atoms with E-state index in [0.29, 0.717) is 12.1 Å². The second-order valence-corrected chi connectivity index (χ2v) is 7.84. The van der Waals surface area contributed by atoms with E-state index >= 15 is 0 Å². The number of esters is 1. The number of hydrogen-bond acceptors (Lipinski definition) is 4. The first-order chi connectivity index (χ1) is 15.9. The van der Waals surface area contributed by atoms with Crippen LogP contribution in [0.1, 0.15) is 46.4 Å². The van der Waals surface area contributed by atoms with Gasteiger partial charge in [0, 0.05) is 12.1 Å². The number of carbonyl (C=O) groups is 3. The predicted octanol–water partition coefficient (Wildman–Crippen LogP) is 4.10. The second-order valence-electron chi connectivity index (χ2n) is 7.84. The van der Waals surface area contributed by atoms with Gasteiger partial charge >= 0.3 is 5.97 Å². The summed E-state index contributed by atoms with van der Waals surface area (Å²) in [6, 6.07) is 25.2. The molecule has 0 spiro atoms. The maximum absolute atomic E-state index is 12.7. The van der Waals surface area contributed by atoms with Crippen molar-refractivity contribution in [3.05, 3.63) is 107 Å². The van der Waals surface area contributed by atoms with Gasteiger partial charge in [-0.25, -0.2) is 0 Å². The number of hydrogen-bond donors (Lipinski definition) is 2. The number of benzene rings is 3. The first-order valence-electron chi connectivity index (χ1n) is 10.9. The molecule has 2 N–H and O–H groups in total. The summed E-state index contributed by atoms with van der Waals surface area (Å²) in [5, 5.41) is 5.67. The van der Waals surface area contributed by atoms with Crippen molar-refractivity contribution in [3.63, 3.8) is 0 Å². The smallest absolute Gasteiger partial charge is 0.309 e. The molecule has 3 rings (SSSR count). The second kappa shape index (κ2) is 11.6. The van der Waals surface area contributed by atoms with Gasteiger partial charge in [-0.3, -0.25) is 14.4 Å². The first kappa shape index (κ1) is 23.7. The largest absolute Gasteiger partial charge is 0.452 e. The van der Waals surface area contributed by atoms with Gasteiger partial charge in [0.05, 0.1) is 12.5 Å². The minimum atomic E-state index is -0.954. The van der Waals surface area contributed by atoms with Crippen molar-refractivity contribution in [3.8, 4) is 0 Å². The van der Waals surface area contributed by atoms with Crippen molar-refractivity contribution in [1.29, 1.82) is 0 Å². The zero-order valence-corrected chi connectivity index (χ0v) is 18.8. The molecule has 3 aromatic carbocycles. The van der Waals surface area contributed by atoms with Gasteiger partial charge in [-0.15, -0.1) is 0 Å². The predicted molar refractivity (Wildman–Crippen MR) is 126 cm³/mol. The third-order valence-corrected chi connectivity index (χ3v) is 5.18. The van der Waals surface area contributed by atoms with Crippen LogP contribution >= 0.6 is 0 Å². The van der Waals surface area contributed by atoms with Gasteiger partial charge in [-0.1, -0.05) is 78.4 Å². The van der Waals surface area contributed by atoms with Gasteiger partial charge in [0.15, 0.2) is 6.10 Å². The molecule has 0 fully saturated rings. The molecular weight excluding hydrogens is 416 g/mol. The van der Waals surface area contributed by atoms with E-state index < -0.39 is 18.1 Å². The average molecular weight is 445 g/mol. The molecule has 33 heavy (non-hydrogen) atoms. The molecule has 0 aliphatic carbocycles. The van der Waals surface area contributed by atoms with Crippen LogP contribution in [0.5, 0.6) is 0 Å². The van der Waals surface area contributed by atoms with E-state index in [0.717, 1.165) is 16.7 Å². The maximum Gasteiger partial charge on any atom is 0.309 e. The number of aryl methyl sites for hydroxylation is 1. The zero-order valence-electron chi connectivity index (χ0n) is 18.8. The number of carbonyl (C=O) groups excluding carboxylic acids is 3. The van der Waals surface area contributed by atoms with Crippen molar-refractivity contribution >= 4 is 17.8 Å². The van der Waals surface area contributed by atoms with Crippen LogP contribution in [0.25, 0.3) is 0 Å². The van der Waals surface area contributed by atoms with E-state index in [4.69, 9.17) is 4.74 Å². The van der Waals surface area contributed by atoms with E-state index in [9.17, 15) is 14.4 Å². The van der Waals surface area contributed by atoms with Gasteiger partial charge in [0.1, 0.15) is 0 Å². The summed E-state index contributed by atoms with van der Waals surface area (Å²) in [6.07, 6.45) is -1.05. The summed E-state index contributed by atoms with van der Waals surface area (Å²) in [4.78, 5) is 37.7. The van der Waals surface area contributed by atoms with E-state index in [1.165, 1.54) is 6.92 Å². The molecule has 0 aliphatic heterocycles. The summed E-state index contributed by atoms with van der Waals surface area (Å²) in [5.41, 5.74) is 3.37. The van der Waals surface area contributed by atoms with Crippen molar-refractivity contribution < 1.29 is 19.1 Å². The molecule has 0 aromatic heterocycles. The molecule has 2 unspecified atom stereocenters. The summed E-state index contributed by atoms with van der Waals surface area (Å²) in [5.74, 6) is -1.25. The summed E-state index contributed by atoms with van der Waals surface area (Å²) < 4.78 is 5.36. The summed E-state index contributed by atoms with van der Waals surface area (Å²) in [6.45, 7) is 3.87. The Bertz CT molecular complexity index is 1070. The standard InChI is InChI=1S/C27H28N2O4/c1-19-13-15-21(16-14-19)18-28-26(31)20(2)33-25(30)17-24(22-9-5-3-6-10-22)29-27(32)23-11-7-4-8-12-23/h3-16,20,24H,17-18H2,1-2H3,(H,28,31)(H,29,32). The minimum absolute atomic E-state index is 0.0990. The Morgan fingerprint density at radius 2 is 1.45 bits per heavy atom. The van der Waals surface area contributed by atoms with Gasteiger partial charge in [-0.05, 0) is 37.1 Å². The molecule has 170 valence electrons. The first-order valence-corrected chi connectivity index (χ1v) is 10.9. The van der Waals surface area contributed by atoms with Gasteiger partial charge in [0.2, 0.25) is 0 Å². The highest BCUT2D eigenvalue weighted by molar-refractivity contribution is 5.94. The fraction of sp³-hybridized carbons (Fsp3) is 0.222. The number of ether oxygens (including phenoxy) is 1. The third-order valence-electron chi connectivity index (χ3n) is 5.18. The topological polar surface area (TPSA) is 84.5 Å². The molecule has 0 heterocycles. The molecule has 0 aliphatic rings. The van der Waals surface area contributed by atoms with Crippen molar-refractivity contribution in [2.75, 3.05) is 0 Å². The molecule has 0 radical (unpaired) electrons. The molecule has 0 bridgehead atoms. The molecule has 3 aromatic rings. The molecule has 6 heteroatoms. The van der Waals surface area contributed by atoms with Gasteiger partial charge in [-0.2, -0.15) is 0 Å². The van der Waals surface area contributed by atoms with E-state index in [-0.39, 0.29) is 18.2 Å². The Hall–Kier alpha value is -3.93. The number of nitrogens with one attached hydrogen (secondary N) is 2. The zero-order chi connectivity index (χ0) is 23.6. The van der Waals surface area contributed by atoms with Crippen LogP contribution in [-0.4, -0.2) is 23.9 Å². The molecule has 2 amide bonds. The average Bonchev–Trinajstić information content (AvgIpc) is 2.84. The molecule has 0 saturated carbocycles. The monoisotopic (exact) mass is 444 g/mol. The molecular formula is C27H28N2O4. The van der Waals surface area contributed by atoms with Crippen LogP contribution in [0.15, 0.2) is 84.9 Å². The Kier molecular flexibility index (Phi) is 8.36. The fourth-order valence-electron chi connectivity index (χ4n) is 3.27. The van der Waals surface area contributed by atoms with Gasteiger partial charge < -0.3 is 15.4 Å². The molecule has 2 atom stereocenters. The number of rotatable bonds is 9. The summed E-state index contributed by atoms with van der Waals surface area (Å²) >= 11 is 0. The SMILES string of the molecule is Cc1ccc(CNC(=O)C(C)OC(=O)CC(NC(=O)c2ccccc2)c2ccccc2)cc1. The summed E-state index contributed by atoms with van der Waals surface area (Å²) in [7, 11) is 0. The van der Waals surface area contributed by atoms with E-state index in [2.05, 4.69) is 10.6 Å². The van der Waals surface area contributed by atoms with Crippen LogP contribution in [0, 0.1) is 6.92 Å². The van der Waals surface area contributed by atoms with E-state index in [1.54, 1.807) is 24.3 Å². The van der Waals surface area contributed by atoms with Crippen molar-refractivity contribution in [2.24, 2.45) is 0 Å².